The molecule has 0 aliphatic heterocycles. The second-order valence-electron chi connectivity index (χ2n) is 2.38. The molecular formula is C7H5ClF2O2S. The summed E-state index contributed by atoms with van der Waals surface area (Å²) in [4.78, 5) is 0. The molecule has 0 atom stereocenters. The Morgan fingerprint density at radius 3 is 2.46 bits per heavy atom. The largest absolute Gasteiger partial charge is 0.306 e. The molecule has 0 amide bonds. The summed E-state index contributed by atoms with van der Waals surface area (Å²) < 4.78 is 45.5. The van der Waals surface area contributed by atoms with Gasteiger partial charge in [-0.15, -0.1) is 3.89 Å². The highest BCUT2D eigenvalue weighted by molar-refractivity contribution is 7.85. The molecule has 0 aromatic heterocycles. The highest BCUT2D eigenvalue weighted by Crippen LogP contribution is 2.21. The van der Waals surface area contributed by atoms with Crippen LogP contribution in [0.15, 0.2) is 18.2 Å². The Kier molecular flexibility index (Phi) is 2.87. The SMILES string of the molecule is O=S(=O)(F)Cc1c(F)cccc1Cl. The van der Waals surface area contributed by atoms with E-state index in [1.807, 2.05) is 0 Å². The van der Waals surface area contributed by atoms with Crippen molar-refractivity contribution >= 4 is 21.8 Å². The highest BCUT2D eigenvalue weighted by atomic mass is 35.5. The number of hydrogen-bond donors (Lipinski definition) is 0. The van der Waals surface area contributed by atoms with Crippen molar-refractivity contribution in [1.82, 2.24) is 0 Å². The maximum absolute atomic E-state index is 12.9. The van der Waals surface area contributed by atoms with Crippen LogP contribution in [0.1, 0.15) is 5.56 Å². The van der Waals surface area contributed by atoms with Gasteiger partial charge >= 0.3 is 10.2 Å². The van der Waals surface area contributed by atoms with Crippen molar-refractivity contribution in [1.29, 1.82) is 0 Å². The van der Waals surface area contributed by atoms with Gasteiger partial charge in [0.15, 0.2) is 0 Å². The van der Waals surface area contributed by atoms with Gasteiger partial charge in [0, 0.05) is 10.6 Å². The van der Waals surface area contributed by atoms with Gasteiger partial charge in [0.2, 0.25) is 0 Å². The van der Waals surface area contributed by atoms with Crippen molar-refractivity contribution < 1.29 is 16.7 Å². The zero-order chi connectivity index (χ0) is 10.1. The van der Waals surface area contributed by atoms with E-state index in [1.54, 1.807) is 0 Å². The fourth-order valence-electron chi connectivity index (χ4n) is 0.843. The lowest BCUT2D eigenvalue weighted by Crippen LogP contribution is -1.99. The first-order valence-electron chi connectivity index (χ1n) is 3.25. The number of hydrogen-bond acceptors (Lipinski definition) is 2. The van der Waals surface area contributed by atoms with Gasteiger partial charge < -0.3 is 0 Å². The van der Waals surface area contributed by atoms with Crippen molar-refractivity contribution in [2.45, 2.75) is 5.75 Å². The summed E-state index contributed by atoms with van der Waals surface area (Å²) in [6.45, 7) is 0. The molecule has 2 nitrogen and oxygen atoms in total. The molecular weight excluding hydrogens is 222 g/mol. The van der Waals surface area contributed by atoms with E-state index >= 15 is 0 Å². The molecule has 13 heavy (non-hydrogen) atoms. The first-order valence-corrected chi connectivity index (χ1v) is 5.18. The summed E-state index contributed by atoms with van der Waals surface area (Å²) in [7, 11) is -4.75. The van der Waals surface area contributed by atoms with E-state index in [0.717, 1.165) is 6.07 Å². The minimum atomic E-state index is -4.75. The lowest BCUT2D eigenvalue weighted by molar-refractivity contribution is 0.547. The Balaban J connectivity index is 3.15. The van der Waals surface area contributed by atoms with E-state index in [-0.39, 0.29) is 10.6 Å². The normalized spacial score (nSPS) is 11.6. The molecule has 0 bridgehead atoms. The molecule has 0 spiro atoms. The Morgan fingerprint density at radius 2 is 2.00 bits per heavy atom. The molecule has 0 N–H and O–H groups in total. The van der Waals surface area contributed by atoms with Gasteiger partial charge in [-0.3, -0.25) is 0 Å². The first-order chi connectivity index (χ1) is 5.90. The second-order valence-corrected chi connectivity index (χ2v) is 4.16. The third-order valence-electron chi connectivity index (χ3n) is 1.38. The summed E-state index contributed by atoms with van der Waals surface area (Å²) in [6, 6.07) is 3.63. The number of rotatable bonds is 2. The van der Waals surface area contributed by atoms with Crippen molar-refractivity contribution in [3.63, 3.8) is 0 Å². The quantitative estimate of drug-likeness (QED) is 0.725. The minimum absolute atomic E-state index is 0.0961. The zero-order valence-electron chi connectivity index (χ0n) is 6.30. The standard InChI is InChI=1S/C7H5ClF2O2S/c8-6-2-1-3-7(9)5(6)4-13(10,11)12/h1-3H,4H2. The van der Waals surface area contributed by atoms with Crippen LogP contribution in [0, 0.1) is 5.82 Å². The van der Waals surface area contributed by atoms with Crippen molar-refractivity contribution in [3.8, 4) is 0 Å². The molecule has 1 aromatic carbocycles. The number of halogens is 3. The average molecular weight is 227 g/mol. The summed E-state index contributed by atoms with van der Waals surface area (Å²) in [5.74, 6) is -1.85. The molecule has 0 heterocycles. The molecule has 0 saturated heterocycles. The van der Waals surface area contributed by atoms with E-state index in [4.69, 9.17) is 11.6 Å². The van der Waals surface area contributed by atoms with Crippen LogP contribution >= 0.6 is 11.6 Å². The third-order valence-corrected chi connectivity index (χ3v) is 2.37. The lowest BCUT2D eigenvalue weighted by Gasteiger charge is -2.01. The monoisotopic (exact) mass is 226 g/mol. The highest BCUT2D eigenvalue weighted by Gasteiger charge is 2.15. The fraction of sp³-hybridized carbons (Fsp3) is 0.143. The fourth-order valence-corrected chi connectivity index (χ4v) is 1.79. The van der Waals surface area contributed by atoms with E-state index in [0.29, 0.717) is 0 Å². The lowest BCUT2D eigenvalue weighted by atomic mass is 10.2. The van der Waals surface area contributed by atoms with Crippen LogP contribution in [0.25, 0.3) is 0 Å². The average Bonchev–Trinajstić information content (AvgIpc) is 1.95. The third kappa shape index (κ3) is 2.93. The van der Waals surface area contributed by atoms with Gasteiger partial charge in [-0.1, -0.05) is 17.7 Å². The molecule has 6 heteroatoms. The van der Waals surface area contributed by atoms with Gasteiger partial charge in [-0.05, 0) is 12.1 Å². The van der Waals surface area contributed by atoms with Crippen molar-refractivity contribution in [2.75, 3.05) is 0 Å². The molecule has 1 aromatic rings. The van der Waals surface area contributed by atoms with Crippen molar-refractivity contribution in [2.24, 2.45) is 0 Å². The van der Waals surface area contributed by atoms with E-state index in [9.17, 15) is 16.7 Å². The first kappa shape index (κ1) is 10.4. The van der Waals surface area contributed by atoms with Crippen LogP contribution in [0.3, 0.4) is 0 Å². The summed E-state index contributed by atoms with van der Waals surface area (Å²) in [6.07, 6.45) is 0. The Hall–Kier alpha value is -0.680. The molecule has 1 rings (SSSR count). The molecule has 0 unspecified atom stereocenters. The smallest absolute Gasteiger partial charge is 0.207 e. The van der Waals surface area contributed by atoms with E-state index < -0.39 is 21.8 Å². The van der Waals surface area contributed by atoms with Gasteiger partial charge in [0.05, 0.1) is 0 Å². The molecule has 0 radical (unpaired) electrons. The predicted octanol–water partition coefficient (Wildman–Crippen LogP) is 2.28. The molecule has 72 valence electrons. The van der Waals surface area contributed by atoms with Crippen LogP contribution in [-0.4, -0.2) is 8.42 Å². The zero-order valence-corrected chi connectivity index (χ0v) is 7.87. The predicted molar refractivity (Wildman–Crippen MR) is 45.1 cm³/mol. The Morgan fingerprint density at radius 1 is 1.38 bits per heavy atom. The topological polar surface area (TPSA) is 34.1 Å². The molecule has 0 aliphatic carbocycles. The van der Waals surface area contributed by atoms with Gasteiger partial charge in [0.25, 0.3) is 0 Å². The van der Waals surface area contributed by atoms with Gasteiger partial charge in [-0.2, -0.15) is 8.42 Å². The second kappa shape index (κ2) is 3.59. The van der Waals surface area contributed by atoms with Crippen LogP contribution < -0.4 is 0 Å². The Bertz CT molecular complexity index is 396. The van der Waals surface area contributed by atoms with Crippen molar-refractivity contribution in [3.05, 3.63) is 34.6 Å². The summed E-state index contributed by atoms with van der Waals surface area (Å²) in [5, 5.41) is -0.0961. The van der Waals surface area contributed by atoms with Crippen LogP contribution in [0.2, 0.25) is 5.02 Å². The maximum atomic E-state index is 12.9. The van der Waals surface area contributed by atoms with Crippen LogP contribution in [0.5, 0.6) is 0 Å². The van der Waals surface area contributed by atoms with Crippen LogP contribution in [-0.2, 0) is 16.0 Å². The summed E-state index contributed by atoms with van der Waals surface area (Å²) >= 11 is 5.46. The minimum Gasteiger partial charge on any atom is -0.207 e. The summed E-state index contributed by atoms with van der Waals surface area (Å²) in [5.41, 5.74) is -0.341. The van der Waals surface area contributed by atoms with E-state index in [1.165, 1.54) is 12.1 Å². The van der Waals surface area contributed by atoms with Crippen LogP contribution in [0.4, 0.5) is 8.28 Å². The molecule has 0 fully saturated rings. The van der Waals surface area contributed by atoms with E-state index in [2.05, 4.69) is 0 Å². The molecule has 0 aliphatic rings. The van der Waals surface area contributed by atoms with Gasteiger partial charge in [-0.25, -0.2) is 4.39 Å². The maximum Gasteiger partial charge on any atom is 0.306 e. The van der Waals surface area contributed by atoms with Gasteiger partial charge in [0.1, 0.15) is 11.6 Å². The Labute approximate surface area is 79.4 Å². The molecule has 0 saturated carbocycles. The number of benzene rings is 1.